The number of aromatic nitrogens is 2. The third kappa shape index (κ3) is 15.5. The first-order valence-electron chi connectivity index (χ1n) is 20.8. The summed E-state index contributed by atoms with van der Waals surface area (Å²) in [7, 11) is 4.36. The van der Waals surface area contributed by atoms with Crippen LogP contribution in [0, 0.1) is 0 Å². The molecule has 0 fully saturated rings. The third-order valence-electron chi connectivity index (χ3n) is 9.92. The van der Waals surface area contributed by atoms with E-state index in [0.717, 1.165) is 32.7 Å². The Labute approximate surface area is 396 Å². The quantitative estimate of drug-likeness (QED) is 0.0560. The van der Waals surface area contributed by atoms with Gasteiger partial charge < -0.3 is 42.8 Å². The molecule has 0 saturated carbocycles. The summed E-state index contributed by atoms with van der Waals surface area (Å²) in [6.07, 6.45) is -0.981. The van der Waals surface area contributed by atoms with Gasteiger partial charge in [-0.25, -0.2) is 9.59 Å². The van der Waals surface area contributed by atoms with Crippen LogP contribution < -0.4 is 28.4 Å². The highest BCUT2D eigenvalue weighted by Crippen LogP contribution is 2.27. The molecule has 0 unspecified atom stereocenters. The van der Waals surface area contributed by atoms with Gasteiger partial charge in [-0.1, -0.05) is 63.6 Å². The fourth-order valence-electron chi connectivity index (χ4n) is 6.19. The molecule has 0 aliphatic rings. The van der Waals surface area contributed by atoms with Crippen molar-refractivity contribution in [1.29, 1.82) is 0 Å². The van der Waals surface area contributed by atoms with Gasteiger partial charge in [-0.15, -0.1) is 0 Å². The second kappa shape index (κ2) is 25.8. The van der Waals surface area contributed by atoms with Crippen LogP contribution in [0.4, 0.5) is 9.59 Å². The lowest BCUT2D eigenvalue weighted by atomic mass is 10.1. The Bertz CT molecular complexity index is 2470. The highest BCUT2D eigenvalue weighted by Gasteiger charge is 2.28. The maximum atomic E-state index is 12.8. The molecule has 0 bridgehead atoms. The average molecular weight is 984 g/mol. The number of hydrogen-bond acceptors (Lipinski definition) is 14. The van der Waals surface area contributed by atoms with Crippen molar-refractivity contribution in [3.05, 3.63) is 144 Å². The molecule has 0 radical (unpaired) electrons. The summed E-state index contributed by atoms with van der Waals surface area (Å²) in [6.45, 7) is 3.67. The Balaban J connectivity index is 0.000000261. The van der Waals surface area contributed by atoms with E-state index in [1.54, 1.807) is 86.8 Å². The Kier molecular flexibility index (Phi) is 19.4. The number of esters is 1. The largest absolute Gasteiger partial charge is 0.497 e. The lowest BCUT2D eigenvalue weighted by molar-refractivity contribution is -0.142. The Hall–Kier alpha value is -7.60. The van der Waals surface area contributed by atoms with Crippen LogP contribution in [0.3, 0.4) is 0 Å². The van der Waals surface area contributed by atoms with Crippen LogP contribution in [-0.4, -0.2) is 102 Å². The lowest BCUT2D eigenvalue weighted by Gasteiger charge is -2.27. The van der Waals surface area contributed by atoms with Crippen LogP contribution in [-0.2, 0) is 20.7 Å². The standard InChI is InChI=1S/C28H27N3O7.C21H24BrNO6/c1-19(31(18-26(32)33)28(34)37-24-14-12-22(35-2)13-15-24)20-8-10-23(11-9-20)36-17-16-25-29-27(38-30-25)21-6-4-3-5-7-21;1-15(16-4-6-18(7-5-16)28-13-12-22)23(14-20(24)27-3)21(25)29-19-10-8-17(26-2)9-11-19/h3-15,19H,16-18H2,1-2H3,(H,32,33);4-11,15H,12-14H2,1-3H3/t19-;15-/m00/s1. The first-order chi connectivity index (χ1) is 32.4. The maximum Gasteiger partial charge on any atom is 0.416 e. The molecule has 17 nitrogen and oxygen atoms in total. The minimum absolute atomic E-state index is 0.242. The van der Waals surface area contributed by atoms with E-state index in [-0.39, 0.29) is 12.3 Å². The van der Waals surface area contributed by atoms with Gasteiger partial charge in [0.25, 0.3) is 5.89 Å². The molecule has 67 heavy (non-hydrogen) atoms. The topological polar surface area (TPSA) is 199 Å². The number of methoxy groups -OCH3 is 3. The number of carbonyl (C=O) groups excluding carboxylic acids is 3. The van der Waals surface area contributed by atoms with E-state index < -0.39 is 42.8 Å². The van der Waals surface area contributed by atoms with Gasteiger partial charge in [0.2, 0.25) is 0 Å². The number of carboxylic acid groups (broad SMARTS) is 1. The van der Waals surface area contributed by atoms with E-state index in [2.05, 4.69) is 26.1 Å². The van der Waals surface area contributed by atoms with Gasteiger partial charge in [0.15, 0.2) is 5.82 Å². The zero-order valence-electron chi connectivity index (χ0n) is 37.5. The van der Waals surface area contributed by atoms with Gasteiger partial charge in [0, 0.05) is 17.3 Å². The van der Waals surface area contributed by atoms with Crippen molar-refractivity contribution in [2.75, 3.05) is 53.0 Å². The number of carbonyl (C=O) groups is 4. The van der Waals surface area contributed by atoms with Crippen LogP contribution >= 0.6 is 15.9 Å². The molecular formula is C49H51BrN4O13. The van der Waals surface area contributed by atoms with Crippen molar-refractivity contribution in [2.45, 2.75) is 32.4 Å². The summed E-state index contributed by atoms with van der Waals surface area (Å²) < 4.78 is 42.4. The van der Waals surface area contributed by atoms with Gasteiger partial charge in [0.05, 0.1) is 46.6 Å². The van der Waals surface area contributed by atoms with E-state index in [9.17, 15) is 24.3 Å². The summed E-state index contributed by atoms with van der Waals surface area (Å²) in [5, 5.41) is 14.1. The average Bonchev–Trinajstić information content (AvgIpc) is 3.84. The monoisotopic (exact) mass is 982 g/mol. The number of carboxylic acids is 1. The normalized spacial score (nSPS) is 11.4. The van der Waals surface area contributed by atoms with Crippen LogP contribution in [0.5, 0.6) is 34.5 Å². The maximum absolute atomic E-state index is 12.8. The number of benzene rings is 5. The van der Waals surface area contributed by atoms with Crippen LogP contribution in [0.2, 0.25) is 0 Å². The first kappa shape index (κ1) is 50.4. The number of ether oxygens (including phenoxy) is 7. The number of rotatable bonds is 20. The molecule has 0 saturated heterocycles. The fourth-order valence-corrected chi connectivity index (χ4v) is 6.35. The molecule has 0 spiro atoms. The summed E-state index contributed by atoms with van der Waals surface area (Å²) >= 11 is 3.31. The van der Waals surface area contributed by atoms with Crippen molar-refractivity contribution in [1.82, 2.24) is 19.9 Å². The highest BCUT2D eigenvalue weighted by atomic mass is 79.9. The van der Waals surface area contributed by atoms with Gasteiger partial charge in [0.1, 0.15) is 47.6 Å². The molecule has 6 rings (SSSR count). The minimum Gasteiger partial charge on any atom is -0.497 e. The van der Waals surface area contributed by atoms with Crippen LogP contribution in [0.1, 0.15) is 42.9 Å². The molecule has 18 heteroatoms. The van der Waals surface area contributed by atoms with E-state index in [1.165, 1.54) is 19.1 Å². The number of amides is 2. The summed E-state index contributed by atoms with van der Waals surface area (Å²) in [5.74, 6) is 2.50. The minimum atomic E-state index is -1.15. The zero-order valence-corrected chi connectivity index (χ0v) is 39.1. The van der Waals surface area contributed by atoms with E-state index in [4.69, 9.17) is 37.7 Å². The Morgan fingerprint density at radius 1 is 0.612 bits per heavy atom. The zero-order chi connectivity index (χ0) is 48.1. The van der Waals surface area contributed by atoms with Gasteiger partial charge in [-0.05, 0) is 110 Å². The smallest absolute Gasteiger partial charge is 0.416 e. The number of aliphatic carboxylic acids is 1. The Morgan fingerprint density at radius 2 is 1.06 bits per heavy atom. The van der Waals surface area contributed by atoms with Crippen molar-refractivity contribution >= 4 is 40.1 Å². The molecule has 352 valence electrons. The van der Waals surface area contributed by atoms with Crippen LogP contribution in [0.25, 0.3) is 11.5 Å². The lowest BCUT2D eigenvalue weighted by Crippen LogP contribution is -2.40. The second-order valence-electron chi connectivity index (χ2n) is 14.3. The molecule has 1 N–H and O–H groups in total. The number of nitrogens with zero attached hydrogens (tertiary/aromatic N) is 4. The van der Waals surface area contributed by atoms with E-state index in [1.807, 2.05) is 61.5 Å². The number of alkyl halides is 1. The molecule has 5 aromatic carbocycles. The SMILES string of the molecule is COC(=O)CN(C(=O)Oc1ccc(OC)cc1)[C@@H](C)c1ccc(OCCBr)cc1.COc1ccc(OC(=O)N(CC(=O)O)[C@@H](C)c2ccc(OCCc3noc(-c4ccccc4)n3)cc2)cc1. The predicted molar refractivity (Wildman–Crippen MR) is 249 cm³/mol. The third-order valence-corrected chi connectivity index (χ3v) is 10.2. The van der Waals surface area contributed by atoms with Gasteiger partial charge in [-0.2, -0.15) is 4.98 Å². The van der Waals surface area contributed by atoms with E-state index in [0.29, 0.717) is 54.3 Å². The Morgan fingerprint density at radius 3 is 1.51 bits per heavy atom. The fraction of sp³-hybridized carbons (Fsp3) is 0.265. The van der Waals surface area contributed by atoms with Crippen molar-refractivity contribution < 1.29 is 62.0 Å². The summed E-state index contributed by atoms with van der Waals surface area (Å²) in [4.78, 5) is 55.7. The number of halogens is 1. The molecule has 2 amide bonds. The summed E-state index contributed by atoms with van der Waals surface area (Å²) in [6, 6.07) is 35.9. The predicted octanol–water partition coefficient (Wildman–Crippen LogP) is 9.22. The molecule has 1 heterocycles. The molecule has 6 aromatic rings. The van der Waals surface area contributed by atoms with Crippen molar-refractivity contribution in [3.8, 4) is 46.0 Å². The van der Waals surface area contributed by atoms with Crippen molar-refractivity contribution in [3.63, 3.8) is 0 Å². The van der Waals surface area contributed by atoms with E-state index >= 15 is 0 Å². The summed E-state index contributed by atoms with van der Waals surface area (Å²) in [5.41, 5.74) is 2.39. The van der Waals surface area contributed by atoms with Crippen LogP contribution in [0.15, 0.2) is 132 Å². The first-order valence-corrected chi connectivity index (χ1v) is 22.0. The number of hydrogen-bond donors (Lipinski definition) is 1. The molecule has 0 aliphatic carbocycles. The molecule has 0 aliphatic heterocycles. The highest BCUT2D eigenvalue weighted by molar-refractivity contribution is 9.09. The second-order valence-corrected chi connectivity index (χ2v) is 15.1. The molecule has 2 atom stereocenters. The molecular weight excluding hydrogens is 932 g/mol. The van der Waals surface area contributed by atoms with Crippen molar-refractivity contribution in [2.24, 2.45) is 0 Å². The van der Waals surface area contributed by atoms with Gasteiger partial charge in [-0.3, -0.25) is 19.4 Å². The molecule has 1 aromatic heterocycles. The van der Waals surface area contributed by atoms with Gasteiger partial charge >= 0.3 is 24.1 Å².